The van der Waals surface area contributed by atoms with E-state index in [1.807, 2.05) is 4.90 Å². The van der Waals surface area contributed by atoms with Gasteiger partial charge in [0.1, 0.15) is 0 Å². The van der Waals surface area contributed by atoms with Crippen molar-refractivity contribution in [2.24, 2.45) is 5.41 Å². The highest BCUT2D eigenvalue weighted by Gasteiger charge is 2.44. The number of carbonyl (C=O) groups excluding carboxylic acids is 1. The summed E-state index contributed by atoms with van der Waals surface area (Å²) in [6.07, 6.45) is 3.35. The molecule has 114 valence electrons. The fraction of sp³-hybridized carbons (Fsp3) is 0.867. The van der Waals surface area contributed by atoms with Crippen molar-refractivity contribution in [1.29, 1.82) is 0 Å². The molecule has 20 heavy (non-hydrogen) atoms. The molecule has 1 aliphatic carbocycles. The molecule has 0 spiro atoms. The third kappa shape index (κ3) is 3.14. The smallest absolute Gasteiger partial charge is 0.310 e. The van der Waals surface area contributed by atoms with Crippen LogP contribution < -0.4 is 0 Å². The number of carbonyl (C=O) groups is 2. The number of carboxylic acids is 1. The summed E-state index contributed by atoms with van der Waals surface area (Å²) in [7, 11) is 0. The molecule has 0 bridgehead atoms. The van der Waals surface area contributed by atoms with E-state index in [0.29, 0.717) is 18.9 Å². The van der Waals surface area contributed by atoms with Crippen LogP contribution in [0, 0.1) is 5.41 Å². The van der Waals surface area contributed by atoms with Crippen molar-refractivity contribution in [1.82, 2.24) is 9.80 Å². The molecular weight excluding hydrogens is 256 g/mol. The lowest BCUT2D eigenvalue weighted by atomic mass is 9.82. The summed E-state index contributed by atoms with van der Waals surface area (Å²) >= 11 is 0. The molecule has 0 aromatic carbocycles. The first-order chi connectivity index (χ1) is 9.44. The maximum atomic E-state index is 12.4. The minimum atomic E-state index is -0.788. The summed E-state index contributed by atoms with van der Waals surface area (Å²) in [6.45, 7) is 7.57. The van der Waals surface area contributed by atoms with E-state index < -0.39 is 11.4 Å². The predicted molar refractivity (Wildman–Crippen MR) is 76.4 cm³/mol. The summed E-state index contributed by atoms with van der Waals surface area (Å²) in [6, 6.07) is 0.507. The summed E-state index contributed by atoms with van der Waals surface area (Å²) in [5, 5.41) is 9.45. The molecule has 1 saturated heterocycles. The monoisotopic (exact) mass is 282 g/mol. The van der Waals surface area contributed by atoms with Crippen LogP contribution >= 0.6 is 0 Å². The average molecular weight is 282 g/mol. The average Bonchev–Trinajstić information content (AvgIpc) is 2.88. The molecule has 1 aliphatic heterocycles. The maximum Gasteiger partial charge on any atom is 0.310 e. The zero-order valence-electron chi connectivity index (χ0n) is 12.6. The highest BCUT2D eigenvalue weighted by molar-refractivity contribution is 5.85. The van der Waals surface area contributed by atoms with Gasteiger partial charge in [0.2, 0.25) is 5.91 Å². The molecule has 2 aliphatic rings. The number of hydrogen-bond acceptors (Lipinski definition) is 3. The fourth-order valence-corrected chi connectivity index (χ4v) is 3.41. The molecule has 1 saturated carbocycles. The fourth-order valence-electron chi connectivity index (χ4n) is 3.41. The third-order valence-corrected chi connectivity index (χ3v) is 4.90. The quantitative estimate of drug-likeness (QED) is 0.850. The van der Waals surface area contributed by atoms with Crippen molar-refractivity contribution in [2.45, 2.75) is 52.0 Å². The third-order valence-electron chi connectivity index (χ3n) is 4.90. The maximum absolute atomic E-state index is 12.4. The molecule has 0 radical (unpaired) electrons. The Morgan fingerprint density at radius 1 is 1.10 bits per heavy atom. The highest BCUT2D eigenvalue weighted by Crippen LogP contribution is 2.41. The first kappa shape index (κ1) is 15.3. The molecule has 2 fully saturated rings. The molecule has 1 amide bonds. The molecule has 0 atom stereocenters. The van der Waals surface area contributed by atoms with Gasteiger partial charge in [-0.1, -0.05) is 12.8 Å². The summed E-state index contributed by atoms with van der Waals surface area (Å²) in [4.78, 5) is 28.1. The highest BCUT2D eigenvalue weighted by atomic mass is 16.4. The standard InChI is InChI=1S/C15H26N2O3/c1-12(2)16-7-9-17(10-8-16)13(18)11-15(14(19)20)5-3-4-6-15/h12H,3-11H2,1-2H3,(H,19,20). The Bertz CT molecular complexity index is 367. The number of nitrogens with zero attached hydrogens (tertiary/aromatic N) is 2. The van der Waals surface area contributed by atoms with E-state index in [0.717, 1.165) is 39.0 Å². The lowest BCUT2D eigenvalue weighted by Gasteiger charge is -2.38. The van der Waals surface area contributed by atoms with Gasteiger partial charge in [-0.25, -0.2) is 0 Å². The van der Waals surface area contributed by atoms with Crippen molar-refractivity contribution in [2.75, 3.05) is 26.2 Å². The van der Waals surface area contributed by atoms with Crippen LogP contribution in [0.1, 0.15) is 46.0 Å². The van der Waals surface area contributed by atoms with Gasteiger partial charge >= 0.3 is 5.97 Å². The number of amides is 1. The van der Waals surface area contributed by atoms with Gasteiger partial charge in [-0.3, -0.25) is 14.5 Å². The SMILES string of the molecule is CC(C)N1CCN(C(=O)CC2(C(=O)O)CCCC2)CC1. The van der Waals surface area contributed by atoms with Crippen LogP contribution in [0.3, 0.4) is 0 Å². The van der Waals surface area contributed by atoms with E-state index in [9.17, 15) is 14.7 Å². The van der Waals surface area contributed by atoms with Crippen LogP contribution in [-0.2, 0) is 9.59 Å². The molecule has 5 nitrogen and oxygen atoms in total. The van der Waals surface area contributed by atoms with Crippen LogP contribution in [0.15, 0.2) is 0 Å². The van der Waals surface area contributed by atoms with Crippen LogP contribution in [0.2, 0.25) is 0 Å². The van der Waals surface area contributed by atoms with Crippen molar-refractivity contribution >= 4 is 11.9 Å². The van der Waals surface area contributed by atoms with Gasteiger partial charge in [0.05, 0.1) is 5.41 Å². The summed E-state index contributed by atoms with van der Waals surface area (Å²) in [5.41, 5.74) is -0.785. The van der Waals surface area contributed by atoms with Gasteiger partial charge in [0, 0.05) is 38.6 Å². The molecule has 2 rings (SSSR count). The van der Waals surface area contributed by atoms with Crippen molar-refractivity contribution in [3.8, 4) is 0 Å². The molecule has 1 heterocycles. The lowest BCUT2D eigenvalue weighted by Crippen LogP contribution is -2.51. The number of piperazine rings is 1. The van der Waals surface area contributed by atoms with Crippen LogP contribution in [0.25, 0.3) is 0 Å². The Balaban J connectivity index is 1.91. The van der Waals surface area contributed by atoms with E-state index >= 15 is 0 Å². The van der Waals surface area contributed by atoms with Crippen molar-refractivity contribution in [3.05, 3.63) is 0 Å². The van der Waals surface area contributed by atoms with Gasteiger partial charge in [0.25, 0.3) is 0 Å². The van der Waals surface area contributed by atoms with E-state index in [1.165, 1.54) is 0 Å². The zero-order chi connectivity index (χ0) is 14.8. The number of carboxylic acid groups (broad SMARTS) is 1. The second-order valence-corrected chi connectivity index (χ2v) is 6.48. The Morgan fingerprint density at radius 2 is 1.65 bits per heavy atom. The van der Waals surface area contributed by atoms with Crippen LogP contribution in [0.5, 0.6) is 0 Å². The molecule has 0 aromatic heterocycles. The number of rotatable bonds is 4. The second kappa shape index (κ2) is 6.12. The van der Waals surface area contributed by atoms with E-state index in [2.05, 4.69) is 18.7 Å². The minimum Gasteiger partial charge on any atom is -0.481 e. The summed E-state index contributed by atoms with van der Waals surface area (Å²) in [5.74, 6) is -0.762. The summed E-state index contributed by atoms with van der Waals surface area (Å²) < 4.78 is 0. The van der Waals surface area contributed by atoms with Crippen molar-refractivity contribution < 1.29 is 14.7 Å². The number of aliphatic carboxylic acids is 1. The van der Waals surface area contributed by atoms with E-state index in [1.54, 1.807) is 0 Å². The van der Waals surface area contributed by atoms with Crippen LogP contribution in [0.4, 0.5) is 0 Å². The molecule has 1 N–H and O–H groups in total. The lowest BCUT2D eigenvalue weighted by molar-refractivity contribution is -0.153. The van der Waals surface area contributed by atoms with Crippen LogP contribution in [-0.4, -0.2) is 59.0 Å². The molecular formula is C15H26N2O3. The van der Waals surface area contributed by atoms with Gasteiger partial charge < -0.3 is 10.0 Å². The first-order valence-electron chi connectivity index (χ1n) is 7.70. The normalized spacial score (nSPS) is 23.2. The van der Waals surface area contributed by atoms with Gasteiger partial charge in [-0.05, 0) is 26.7 Å². The molecule has 0 aromatic rings. The Hall–Kier alpha value is -1.10. The topological polar surface area (TPSA) is 60.9 Å². The predicted octanol–water partition coefficient (Wildman–Crippen LogP) is 1.57. The van der Waals surface area contributed by atoms with Gasteiger partial charge in [0.15, 0.2) is 0 Å². The minimum absolute atomic E-state index is 0.0257. The largest absolute Gasteiger partial charge is 0.481 e. The van der Waals surface area contributed by atoms with Gasteiger partial charge in [-0.15, -0.1) is 0 Å². The Kier molecular flexibility index (Phi) is 4.68. The first-order valence-corrected chi connectivity index (χ1v) is 7.70. The van der Waals surface area contributed by atoms with Gasteiger partial charge in [-0.2, -0.15) is 0 Å². The number of hydrogen-bond donors (Lipinski definition) is 1. The Morgan fingerprint density at radius 3 is 2.10 bits per heavy atom. The molecule has 5 heteroatoms. The second-order valence-electron chi connectivity index (χ2n) is 6.48. The van der Waals surface area contributed by atoms with Crippen molar-refractivity contribution in [3.63, 3.8) is 0 Å². The van der Waals surface area contributed by atoms with E-state index in [4.69, 9.17) is 0 Å². The Labute approximate surface area is 120 Å². The van der Waals surface area contributed by atoms with E-state index in [-0.39, 0.29) is 12.3 Å². The zero-order valence-corrected chi connectivity index (χ0v) is 12.6. The molecule has 0 unspecified atom stereocenters.